The predicted molar refractivity (Wildman–Crippen MR) is 161 cm³/mol. The summed E-state index contributed by atoms with van der Waals surface area (Å²) in [7, 11) is 0. The Morgan fingerprint density at radius 3 is 2.67 bits per heavy atom. The summed E-state index contributed by atoms with van der Waals surface area (Å²) in [6, 6.07) is 17.8. The highest BCUT2D eigenvalue weighted by Crippen LogP contribution is 2.30. The Kier molecular flexibility index (Phi) is 9.28. The monoisotopic (exact) mass is 579 g/mol. The summed E-state index contributed by atoms with van der Waals surface area (Å²) >= 11 is 13.9. The third-order valence-electron chi connectivity index (χ3n) is 7.40. The summed E-state index contributed by atoms with van der Waals surface area (Å²) in [6.45, 7) is 1.45. The Labute approximate surface area is 243 Å². The van der Waals surface area contributed by atoms with Crippen LogP contribution in [0.4, 0.5) is 5.69 Å². The summed E-state index contributed by atoms with van der Waals surface area (Å²) in [5, 5.41) is 1.45. The van der Waals surface area contributed by atoms with Gasteiger partial charge in [-0.3, -0.25) is 14.6 Å². The van der Waals surface area contributed by atoms with E-state index >= 15 is 0 Å². The average Bonchev–Trinajstić information content (AvgIpc) is 3.20. The SMILES string of the molecule is O=C(CCC1CCCN(C(=O)c2ccc(NSc3cccc4cccnc34)cc2)CC1)C1=CC=C(Cl)CC1Cl. The number of amides is 1. The second kappa shape index (κ2) is 13.0. The third-order valence-corrected chi connectivity index (χ3v) is 8.96. The molecule has 2 atom stereocenters. The van der Waals surface area contributed by atoms with Gasteiger partial charge in [-0.15, -0.1) is 11.6 Å². The average molecular weight is 581 g/mol. The zero-order valence-corrected chi connectivity index (χ0v) is 23.9. The number of carbonyl (C=O) groups is 2. The van der Waals surface area contributed by atoms with Gasteiger partial charge in [-0.05, 0) is 86.0 Å². The molecule has 1 amide bonds. The molecule has 2 aliphatic rings. The fourth-order valence-electron chi connectivity index (χ4n) is 5.17. The van der Waals surface area contributed by atoms with Gasteiger partial charge in [0, 0.05) is 59.4 Å². The smallest absolute Gasteiger partial charge is 0.253 e. The Balaban J connectivity index is 1.11. The van der Waals surface area contributed by atoms with Crippen molar-refractivity contribution in [1.29, 1.82) is 0 Å². The lowest BCUT2D eigenvalue weighted by Crippen LogP contribution is -2.32. The first-order valence-corrected chi connectivity index (χ1v) is 15.0. The van der Waals surface area contributed by atoms with Crippen LogP contribution in [0.1, 0.15) is 48.9 Å². The first kappa shape index (κ1) is 27.8. The van der Waals surface area contributed by atoms with Crippen LogP contribution in [0.5, 0.6) is 0 Å². The van der Waals surface area contributed by atoms with Gasteiger partial charge >= 0.3 is 0 Å². The number of nitrogens with zero attached hydrogens (tertiary/aromatic N) is 2. The van der Waals surface area contributed by atoms with Crippen LogP contribution in [0, 0.1) is 5.92 Å². The number of rotatable bonds is 8. The van der Waals surface area contributed by atoms with Gasteiger partial charge < -0.3 is 9.62 Å². The Morgan fingerprint density at radius 2 is 1.85 bits per heavy atom. The van der Waals surface area contributed by atoms with E-state index in [9.17, 15) is 9.59 Å². The summed E-state index contributed by atoms with van der Waals surface area (Å²) in [6.07, 6.45) is 10.0. The molecule has 39 heavy (non-hydrogen) atoms. The molecule has 1 N–H and O–H groups in total. The van der Waals surface area contributed by atoms with Crippen LogP contribution < -0.4 is 4.72 Å². The number of alkyl halides is 1. The van der Waals surface area contributed by atoms with Crippen LogP contribution in [-0.2, 0) is 4.79 Å². The highest BCUT2D eigenvalue weighted by atomic mass is 35.5. The molecule has 1 aromatic heterocycles. The van der Waals surface area contributed by atoms with E-state index in [2.05, 4.69) is 21.8 Å². The van der Waals surface area contributed by atoms with Gasteiger partial charge in [-0.1, -0.05) is 35.9 Å². The maximum absolute atomic E-state index is 13.2. The van der Waals surface area contributed by atoms with Gasteiger partial charge in [0.05, 0.1) is 15.8 Å². The molecule has 5 rings (SSSR count). The minimum atomic E-state index is -0.340. The molecule has 2 aromatic carbocycles. The van der Waals surface area contributed by atoms with Crippen molar-refractivity contribution in [3.63, 3.8) is 0 Å². The van der Waals surface area contributed by atoms with Crippen LogP contribution >= 0.6 is 35.1 Å². The number of hydrogen-bond acceptors (Lipinski definition) is 5. The van der Waals surface area contributed by atoms with E-state index in [0.29, 0.717) is 41.5 Å². The molecule has 3 aromatic rings. The highest BCUT2D eigenvalue weighted by molar-refractivity contribution is 8.00. The van der Waals surface area contributed by atoms with Crippen molar-refractivity contribution in [3.05, 3.63) is 89.1 Å². The van der Waals surface area contributed by atoms with Crippen molar-refractivity contribution in [1.82, 2.24) is 9.88 Å². The molecule has 1 aliphatic carbocycles. The summed E-state index contributed by atoms with van der Waals surface area (Å²) in [5.41, 5.74) is 3.24. The van der Waals surface area contributed by atoms with Crippen LogP contribution in [-0.4, -0.2) is 40.0 Å². The van der Waals surface area contributed by atoms with Crippen molar-refractivity contribution in [2.24, 2.45) is 5.92 Å². The van der Waals surface area contributed by atoms with Crippen molar-refractivity contribution in [3.8, 4) is 0 Å². The van der Waals surface area contributed by atoms with Gasteiger partial charge in [-0.2, -0.15) is 0 Å². The third kappa shape index (κ3) is 7.05. The van der Waals surface area contributed by atoms with Crippen LogP contribution in [0.15, 0.2) is 88.4 Å². The largest absolute Gasteiger partial charge is 0.339 e. The van der Waals surface area contributed by atoms with Crippen LogP contribution in [0.3, 0.4) is 0 Å². The number of likely N-dealkylation sites (tertiary alicyclic amines) is 1. The molecule has 0 spiro atoms. The number of aromatic nitrogens is 1. The summed E-state index contributed by atoms with van der Waals surface area (Å²) in [4.78, 5) is 33.4. The van der Waals surface area contributed by atoms with E-state index < -0.39 is 0 Å². The first-order chi connectivity index (χ1) is 19.0. The number of allylic oxidation sites excluding steroid dienone is 4. The van der Waals surface area contributed by atoms with Gasteiger partial charge in [0.1, 0.15) is 0 Å². The van der Waals surface area contributed by atoms with Crippen molar-refractivity contribution in [2.75, 3.05) is 17.8 Å². The number of Topliss-reactive ketones (excluding diaryl/α,β-unsaturated/α-hetero) is 1. The molecular formula is C31H31Cl2N3O2S. The number of pyridine rings is 1. The lowest BCUT2D eigenvalue weighted by Gasteiger charge is -2.21. The van der Waals surface area contributed by atoms with Crippen molar-refractivity contribution >= 4 is 63.4 Å². The maximum atomic E-state index is 13.2. The fourth-order valence-corrected chi connectivity index (χ4v) is 6.61. The molecule has 1 fully saturated rings. The number of halogens is 2. The van der Waals surface area contributed by atoms with Crippen molar-refractivity contribution in [2.45, 2.75) is 48.8 Å². The molecule has 202 valence electrons. The first-order valence-electron chi connectivity index (χ1n) is 13.4. The zero-order chi connectivity index (χ0) is 27.2. The van der Waals surface area contributed by atoms with Crippen LogP contribution in [0.2, 0.25) is 0 Å². The second-order valence-electron chi connectivity index (χ2n) is 10.1. The number of nitrogens with one attached hydrogen (secondary N) is 1. The Bertz CT molecular complexity index is 1400. The van der Waals surface area contributed by atoms with E-state index in [4.69, 9.17) is 23.2 Å². The van der Waals surface area contributed by atoms with Gasteiger partial charge in [-0.25, -0.2) is 0 Å². The second-order valence-corrected chi connectivity index (χ2v) is 11.9. The Morgan fingerprint density at radius 1 is 1.03 bits per heavy atom. The number of benzene rings is 2. The van der Waals surface area contributed by atoms with Gasteiger partial charge in [0.25, 0.3) is 5.91 Å². The van der Waals surface area contributed by atoms with Crippen LogP contribution in [0.25, 0.3) is 10.9 Å². The number of hydrogen-bond donors (Lipinski definition) is 1. The molecule has 5 nitrogen and oxygen atoms in total. The van der Waals surface area contributed by atoms with E-state index in [-0.39, 0.29) is 17.1 Å². The lowest BCUT2D eigenvalue weighted by atomic mass is 9.91. The van der Waals surface area contributed by atoms with E-state index in [1.54, 1.807) is 18.3 Å². The number of ketones is 1. The molecular weight excluding hydrogens is 549 g/mol. The zero-order valence-electron chi connectivity index (χ0n) is 21.6. The normalized spacial score (nSPS) is 19.7. The lowest BCUT2D eigenvalue weighted by molar-refractivity contribution is -0.116. The molecule has 0 radical (unpaired) electrons. The Hall–Kier alpha value is -2.80. The van der Waals surface area contributed by atoms with E-state index in [1.807, 2.05) is 47.4 Å². The molecule has 0 bridgehead atoms. The molecule has 2 unspecified atom stereocenters. The summed E-state index contributed by atoms with van der Waals surface area (Å²) < 4.78 is 3.37. The highest BCUT2D eigenvalue weighted by Gasteiger charge is 2.25. The number of fused-ring (bicyclic) bond motifs is 1. The standard InChI is InChI=1S/C31H31Cl2N3O2S/c32-24-11-14-26(27(33)20-24)28(37)15-8-21-4-3-18-36(19-16-21)31(38)23-9-12-25(13-10-23)35-39-29-7-1-5-22-6-2-17-34-30(22)29/h1-2,5-7,9-14,17,21,27,35H,3-4,8,15-16,18-20H2. The van der Waals surface area contributed by atoms with E-state index in [0.717, 1.165) is 53.7 Å². The molecule has 8 heteroatoms. The molecule has 2 heterocycles. The number of para-hydroxylation sites is 1. The minimum Gasteiger partial charge on any atom is -0.339 e. The van der Waals surface area contributed by atoms with Gasteiger partial charge in [0.2, 0.25) is 0 Å². The van der Waals surface area contributed by atoms with E-state index in [1.165, 1.54) is 11.9 Å². The minimum absolute atomic E-state index is 0.0604. The number of carbonyl (C=O) groups excluding carboxylic acids is 2. The fraction of sp³-hybridized carbons (Fsp3) is 0.323. The number of anilines is 1. The molecule has 1 saturated heterocycles. The van der Waals surface area contributed by atoms with Crippen molar-refractivity contribution < 1.29 is 9.59 Å². The topological polar surface area (TPSA) is 62.3 Å². The summed E-state index contributed by atoms with van der Waals surface area (Å²) in [5.74, 6) is 0.595. The maximum Gasteiger partial charge on any atom is 0.253 e. The quantitative estimate of drug-likeness (QED) is 0.216. The molecule has 1 aliphatic heterocycles. The van der Waals surface area contributed by atoms with Gasteiger partial charge in [0.15, 0.2) is 5.78 Å². The molecule has 0 saturated carbocycles. The predicted octanol–water partition coefficient (Wildman–Crippen LogP) is 8.01.